The van der Waals surface area contributed by atoms with Crippen LogP contribution < -0.4 is 11.5 Å². The van der Waals surface area contributed by atoms with Crippen LogP contribution in [0.25, 0.3) is 0 Å². The van der Waals surface area contributed by atoms with Gasteiger partial charge in [-0.15, -0.1) is 0 Å². The van der Waals surface area contributed by atoms with Crippen LogP contribution in [0.3, 0.4) is 0 Å². The van der Waals surface area contributed by atoms with Crippen LogP contribution in [-0.2, 0) is 37.3 Å². The normalized spacial score (nSPS) is 11.2. The topological polar surface area (TPSA) is 166 Å². The van der Waals surface area contributed by atoms with E-state index in [1.165, 1.54) is 38.1 Å². The molecule has 0 aliphatic carbocycles. The Morgan fingerprint density at radius 3 is 1.19 bits per heavy atom. The second-order valence-corrected chi connectivity index (χ2v) is 8.57. The van der Waals surface area contributed by atoms with Gasteiger partial charge in [-0.1, -0.05) is 35.3 Å². The fourth-order valence-electron chi connectivity index (χ4n) is 2.03. The number of benzene rings is 2. The molecule has 2 aromatic rings. The fourth-order valence-corrected chi connectivity index (χ4v) is 4.14. The maximum atomic E-state index is 10.7. The zero-order valence-corrected chi connectivity index (χ0v) is 17.9. The van der Waals surface area contributed by atoms with E-state index in [1.807, 2.05) is 0 Å². The van der Waals surface area contributed by atoms with E-state index in [1.54, 1.807) is 0 Å². The maximum absolute atomic E-state index is 10.7. The van der Waals surface area contributed by atoms with E-state index >= 15 is 0 Å². The largest absolute Gasteiger partial charge is 2.00 e. The van der Waals surface area contributed by atoms with E-state index in [2.05, 4.69) is 0 Å². The van der Waals surface area contributed by atoms with Crippen molar-refractivity contribution in [2.45, 2.75) is 23.6 Å². The molecule has 4 N–H and O–H groups in total. The Morgan fingerprint density at radius 1 is 0.741 bits per heavy atom. The summed E-state index contributed by atoms with van der Waals surface area (Å²) in [6.45, 7) is 2.97. The number of nitrogens with two attached hydrogens (primary N) is 2. The van der Waals surface area contributed by atoms with Crippen LogP contribution in [-0.4, -0.2) is 25.9 Å². The first-order valence-corrected chi connectivity index (χ1v) is 10.3. The second-order valence-electron chi connectivity index (χ2n) is 5.12. The molecule has 13 heteroatoms. The Hall–Kier alpha value is -1.04. The summed E-state index contributed by atoms with van der Waals surface area (Å²) in [5.41, 5.74) is 11.0. The van der Waals surface area contributed by atoms with Gasteiger partial charge in [0.1, 0.15) is 20.2 Å². The van der Waals surface area contributed by atoms with Gasteiger partial charge in [0.15, 0.2) is 0 Å². The molecule has 0 spiro atoms. The summed E-state index contributed by atoms with van der Waals surface area (Å²) >= 11 is 11.1. The third-order valence-electron chi connectivity index (χ3n) is 3.18. The van der Waals surface area contributed by atoms with Crippen molar-refractivity contribution in [2.75, 3.05) is 11.5 Å². The number of nitrogen functional groups attached to an aromatic ring is 2. The van der Waals surface area contributed by atoms with Crippen molar-refractivity contribution < 1.29 is 43.0 Å². The molecule has 2 aromatic carbocycles. The molecule has 0 saturated heterocycles. The van der Waals surface area contributed by atoms with Gasteiger partial charge in [0.2, 0.25) is 0 Å². The van der Waals surface area contributed by atoms with Gasteiger partial charge in [-0.05, 0) is 37.1 Å². The van der Waals surface area contributed by atoms with E-state index in [9.17, 15) is 25.9 Å². The third kappa shape index (κ3) is 6.51. The summed E-state index contributed by atoms with van der Waals surface area (Å²) in [6, 6.07) is 5.76. The van der Waals surface area contributed by atoms with Crippen LogP contribution in [0.5, 0.6) is 0 Å². The van der Waals surface area contributed by atoms with Crippen molar-refractivity contribution in [1.29, 1.82) is 0 Å². The number of anilines is 2. The predicted octanol–water partition coefficient (Wildman–Crippen LogP) is 2.27. The van der Waals surface area contributed by atoms with Gasteiger partial charge >= 0.3 is 17.1 Å². The average Bonchev–Trinajstić information content (AvgIpc) is 2.45. The number of halogens is 2. The molecular weight excluding hydrogens is 491 g/mol. The van der Waals surface area contributed by atoms with Crippen LogP contribution >= 0.6 is 23.2 Å². The summed E-state index contributed by atoms with van der Waals surface area (Å²) in [5, 5.41) is 0.139. The summed E-state index contributed by atoms with van der Waals surface area (Å²) in [5.74, 6) is 0. The molecule has 0 bridgehead atoms. The predicted molar refractivity (Wildman–Crippen MR) is 97.1 cm³/mol. The van der Waals surface area contributed by atoms with Crippen LogP contribution in [0, 0.1) is 13.8 Å². The van der Waals surface area contributed by atoms with Crippen LogP contribution in [0.1, 0.15) is 11.1 Å². The Morgan fingerprint density at radius 2 is 1.00 bits per heavy atom. The summed E-state index contributed by atoms with van der Waals surface area (Å²) in [6.07, 6.45) is 0. The fraction of sp³-hybridized carbons (Fsp3) is 0.143. The van der Waals surface area contributed by atoms with Gasteiger partial charge in [0.25, 0.3) is 0 Å². The van der Waals surface area contributed by atoms with Gasteiger partial charge in [-0.3, -0.25) is 0 Å². The molecule has 0 saturated carbocycles. The number of aryl methyl sites for hydroxylation is 2. The number of hydrogen-bond acceptors (Lipinski definition) is 8. The molecule has 0 fully saturated rings. The minimum absolute atomic E-state index is 0. The molecule has 0 aliphatic rings. The van der Waals surface area contributed by atoms with Crippen LogP contribution in [0.15, 0.2) is 34.1 Å². The first kappa shape index (κ1) is 26.0. The standard InChI is InChI=1S/2C7H8ClNO3S.Cu/c2*1-4-2-3-5(8)6(9)7(4)13(10,11)12;/h2*2-3H,9H2,1H3,(H,10,11,12);/q;;+2/p-2. The van der Waals surface area contributed by atoms with Gasteiger partial charge in [0.05, 0.1) is 31.2 Å². The molecule has 0 unspecified atom stereocenters. The maximum Gasteiger partial charge on any atom is 2.00 e. The first-order valence-electron chi connectivity index (χ1n) is 6.68. The molecule has 0 atom stereocenters. The Balaban J connectivity index is 0.000000483. The third-order valence-corrected chi connectivity index (χ3v) is 5.92. The molecule has 0 amide bonds. The molecule has 2 rings (SSSR count). The average molecular weight is 505 g/mol. The van der Waals surface area contributed by atoms with Crippen molar-refractivity contribution in [2.24, 2.45) is 0 Å². The van der Waals surface area contributed by atoms with Gasteiger partial charge in [0, 0.05) is 0 Å². The zero-order valence-electron chi connectivity index (χ0n) is 13.8. The number of hydrogen-bond donors (Lipinski definition) is 2. The van der Waals surface area contributed by atoms with E-state index in [4.69, 9.17) is 34.7 Å². The minimum Gasteiger partial charge on any atom is -0.744 e. The molecule has 0 aliphatic heterocycles. The smallest absolute Gasteiger partial charge is 0.744 e. The van der Waals surface area contributed by atoms with Crippen molar-refractivity contribution in [1.82, 2.24) is 0 Å². The SMILES string of the molecule is Cc1ccc(Cl)c(N)c1S(=O)(=O)[O-].Cc1ccc(Cl)c(N)c1S(=O)(=O)[O-].[Cu+2]. The zero-order chi connectivity index (χ0) is 20.4. The van der Waals surface area contributed by atoms with Crippen molar-refractivity contribution in [3.8, 4) is 0 Å². The summed E-state index contributed by atoms with van der Waals surface area (Å²) in [4.78, 5) is -0.861. The first-order chi connectivity index (χ1) is 11.7. The van der Waals surface area contributed by atoms with Crippen molar-refractivity contribution in [3.05, 3.63) is 45.4 Å². The van der Waals surface area contributed by atoms with E-state index < -0.39 is 30.0 Å². The quantitative estimate of drug-likeness (QED) is 0.357. The number of rotatable bonds is 2. The minimum atomic E-state index is -4.55. The molecule has 153 valence electrons. The molecule has 8 nitrogen and oxygen atoms in total. The molecule has 0 heterocycles. The van der Waals surface area contributed by atoms with Gasteiger partial charge in [-0.25, -0.2) is 16.8 Å². The molecule has 27 heavy (non-hydrogen) atoms. The van der Waals surface area contributed by atoms with Crippen molar-refractivity contribution in [3.63, 3.8) is 0 Å². The Kier molecular flexibility index (Phi) is 9.08. The molecule has 1 radical (unpaired) electrons. The Labute approximate surface area is 177 Å². The van der Waals surface area contributed by atoms with Crippen LogP contribution in [0.2, 0.25) is 10.0 Å². The van der Waals surface area contributed by atoms with E-state index in [0.29, 0.717) is 11.1 Å². The second kappa shape index (κ2) is 9.44. The van der Waals surface area contributed by atoms with Gasteiger partial charge < -0.3 is 20.6 Å². The Bertz CT molecular complexity index is 974. The van der Waals surface area contributed by atoms with E-state index in [-0.39, 0.29) is 38.5 Å². The van der Waals surface area contributed by atoms with E-state index in [0.717, 1.165) is 0 Å². The summed E-state index contributed by atoms with van der Waals surface area (Å²) < 4.78 is 64.4. The summed E-state index contributed by atoms with van der Waals surface area (Å²) in [7, 11) is -9.09. The molecular formula is C14H14Cl2CuN2O6S2. The van der Waals surface area contributed by atoms with Crippen molar-refractivity contribution >= 4 is 54.8 Å². The molecule has 0 aromatic heterocycles. The monoisotopic (exact) mass is 503 g/mol. The van der Waals surface area contributed by atoms with Crippen LogP contribution in [0.4, 0.5) is 11.4 Å². The van der Waals surface area contributed by atoms with Gasteiger partial charge in [-0.2, -0.15) is 0 Å².